The molecule has 0 radical (unpaired) electrons. The molecule has 1 unspecified atom stereocenters. The minimum atomic E-state index is -0.548. The van der Waals surface area contributed by atoms with Gasteiger partial charge in [0.25, 0.3) is 17.7 Å². The Morgan fingerprint density at radius 1 is 1.05 bits per heavy atom. The lowest BCUT2D eigenvalue weighted by molar-refractivity contribution is 0.0931. The summed E-state index contributed by atoms with van der Waals surface area (Å²) >= 11 is 5.94. The number of aromatic amines is 1. The second-order valence-electron chi connectivity index (χ2n) is 9.23. The molecule has 2 aromatic carbocycles. The van der Waals surface area contributed by atoms with Gasteiger partial charge in [-0.3, -0.25) is 14.4 Å². The van der Waals surface area contributed by atoms with Crippen LogP contribution in [0.4, 0.5) is 15.8 Å². The fraction of sp³-hybridized carbons (Fsp3) is 0.333. The molecule has 0 spiro atoms. The van der Waals surface area contributed by atoms with Crippen LogP contribution in [-0.4, -0.2) is 58.3 Å². The van der Waals surface area contributed by atoms with Gasteiger partial charge in [0, 0.05) is 30.5 Å². The molecule has 11 heteroatoms. The van der Waals surface area contributed by atoms with Crippen molar-refractivity contribution in [1.82, 2.24) is 20.2 Å². The second-order valence-corrected chi connectivity index (χ2v) is 9.63. The highest BCUT2D eigenvalue weighted by atomic mass is 35.5. The van der Waals surface area contributed by atoms with Crippen LogP contribution >= 0.6 is 11.6 Å². The van der Waals surface area contributed by atoms with Crippen LogP contribution in [-0.2, 0) is 0 Å². The predicted molar refractivity (Wildman–Crippen MR) is 144 cm³/mol. The van der Waals surface area contributed by atoms with E-state index in [0.717, 1.165) is 31.6 Å². The molecule has 3 aromatic rings. The zero-order valence-corrected chi connectivity index (χ0v) is 21.8. The lowest BCUT2D eigenvalue weighted by atomic mass is 10.0. The first-order valence-electron chi connectivity index (χ1n) is 12.6. The first kappa shape index (κ1) is 27.3. The van der Waals surface area contributed by atoms with Crippen LogP contribution in [0.25, 0.3) is 0 Å². The third-order valence-electron chi connectivity index (χ3n) is 6.51. The standard InChI is InChI=1S/C27H30ClFN6O3/c1-17-5-2-3-13-35(17)14-4-12-30-26(37)23-24(32-16-31-23)27(38)34-20-9-7-19(8-10-20)33-25(36)21-11-6-18(29)15-22(21)28/h6-11,15-17H,2-5,12-14H2,1H3,(H,30,37)(H,31,32)(H,33,36)(H,34,38). The van der Waals surface area contributed by atoms with Gasteiger partial charge in [-0.2, -0.15) is 0 Å². The maximum atomic E-state index is 13.2. The van der Waals surface area contributed by atoms with E-state index < -0.39 is 23.5 Å². The number of nitrogens with zero attached hydrogens (tertiary/aromatic N) is 2. The number of hydrogen-bond acceptors (Lipinski definition) is 5. The Morgan fingerprint density at radius 3 is 2.45 bits per heavy atom. The number of rotatable bonds is 9. The minimum Gasteiger partial charge on any atom is -0.351 e. The Bertz CT molecular complexity index is 1300. The summed E-state index contributed by atoms with van der Waals surface area (Å²) < 4.78 is 13.2. The SMILES string of the molecule is CC1CCCCN1CCCNC(=O)c1[nH]cnc1C(=O)Nc1ccc(NC(=O)c2ccc(F)cc2Cl)cc1. The largest absolute Gasteiger partial charge is 0.351 e. The van der Waals surface area contributed by atoms with Crippen LogP contribution < -0.4 is 16.0 Å². The lowest BCUT2D eigenvalue weighted by Gasteiger charge is -2.33. The van der Waals surface area contributed by atoms with Crippen molar-refractivity contribution in [2.75, 3.05) is 30.3 Å². The van der Waals surface area contributed by atoms with Crippen molar-refractivity contribution < 1.29 is 18.8 Å². The number of benzene rings is 2. The molecule has 4 N–H and O–H groups in total. The molecule has 1 saturated heterocycles. The summed E-state index contributed by atoms with van der Waals surface area (Å²) in [6.45, 7) is 4.75. The Labute approximate surface area is 225 Å². The number of nitrogens with one attached hydrogen (secondary N) is 4. The van der Waals surface area contributed by atoms with Gasteiger partial charge in [-0.05, 0) is 75.2 Å². The van der Waals surface area contributed by atoms with Gasteiger partial charge in [0.15, 0.2) is 5.69 Å². The second kappa shape index (κ2) is 12.7. The van der Waals surface area contributed by atoms with Crippen LogP contribution in [0.5, 0.6) is 0 Å². The average Bonchev–Trinajstić information content (AvgIpc) is 3.39. The number of carbonyl (C=O) groups excluding carboxylic acids is 3. The summed E-state index contributed by atoms with van der Waals surface area (Å²) in [5, 5.41) is 8.22. The van der Waals surface area contributed by atoms with Crippen LogP contribution in [0, 0.1) is 5.82 Å². The van der Waals surface area contributed by atoms with E-state index in [-0.39, 0.29) is 22.0 Å². The highest BCUT2D eigenvalue weighted by molar-refractivity contribution is 6.34. The van der Waals surface area contributed by atoms with Gasteiger partial charge >= 0.3 is 0 Å². The summed E-state index contributed by atoms with van der Waals surface area (Å²) in [6.07, 6.45) is 5.82. The highest BCUT2D eigenvalue weighted by Gasteiger charge is 2.21. The van der Waals surface area contributed by atoms with Crippen LogP contribution in [0.2, 0.25) is 5.02 Å². The molecule has 0 aliphatic carbocycles. The molecule has 0 saturated carbocycles. The van der Waals surface area contributed by atoms with E-state index in [1.807, 2.05) is 0 Å². The number of likely N-dealkylation sites (tertiary alicyclic amines) is 1. The number of H-pyrrole nitrogens is 1. The molecule has 9 nitrogen and oxygen atoms in total. The van der Waals surface area contributed by atoms with Crippen molar-refractivity contribution in [1.29, 1.82) is 0 Å². The molecule has 38 heavy (non-hydrogen) atoms. The maximum Gasteiger partial charge on any atom is 0.276 e. The minimum absolute atomic E-state index is 0.00169. The van der Waals surface area contributed by atoms with Crippen molar-refractivity contribution in [3.05, 3.63) is 76.6 Å². The number of imidazole rings is 1. The molecule has 1 aliphatic rings. The smallest absolute Gasteiger partial charge is 0.276 e. The first-order chi connectivity index (χ1) is 18.3. The number of aromatic nitrogens is 2. The third kappa shape index (κ3) is 6.96. The number of carbonyl (C=O) groups is 3. The summed E-state index contributed by atoms with van der Waals surface area (Å²) in [4.78, 5) is 47.1. The Hall–Kier alpha value is -3.76. The van der Waals surface area contributed by atoms with Crippen molar-refractivity contribution in [3.63, 3.8) is 0 Å². The molecule has 1 atom stereocenters. The van der Waals surface area contributed by atoms with Crippen molar-refractivity contribution in [2.45, 2.75) is 38.6 Å². The number of amides is 3. The van der Waals surface area contributed by atoms with E-state index in [1.165, 1.54) is 31.7 Å². The predicted octanol–water partition coefficient (Wildman–Crippen LogP) is 4.70. The van der Waals surface area contributed by atoms with E-state index in [0.29, 0.717) is 24.0 Å². The number of anilines is 2. The maximum absolute atomic E-state index is 13.2. The van der Waals surface area contributed by atoms with Gasteiger partial charge in [-0.15, -0.1) is 0 Å². The van der Waals surface area contributed by atoms with Gasteiger partial charge in [-0.25, -0.2) is 9.37 Å². The monoisotopic (exact) mass is 540 g/mol. The number of hydrogen-bond donors (Lipinski definition) is 4. The van der Waals surface area contributed by atoms with Crippen molar-refractivity contribution in [2.24, 2.45) is 0 Å². The van der Waals surface area contributed by atoms with Gasteiger partial charge in [-0.1, -0.05) is 18.0 Å². The van der Waals surface area contributed by atoms with Crippen LogP contribution in [0.1, 0.15) is 63.9 Å². The summed E-state index contributed by atoms with van der Waals surface area (Å²) in [5.74, 6) is -1.97. The third-order valence-corrected chi connectivity index (χ3v) is 6.82. The Balaban J connectivity index is 1.28. The first-order valence-corrected chi connectivity index (χ1v) is 12.9. The topological polar surface area (TPSA) is 119 Å². The fourth-order valence-corrected chi connectivity index (χ4v) is 4.65. The number of piperidine rings is 1. The quantitative estimate of drug-likeness (QED) is 0.293. The van der Waals surface area contributed by atoms with E-state index in [2.05, 4.69) is 37.7 Å². The summed E-state index contributed by atoms with van der Waals surface area (Å²) in [7, 11) is 0. The molecule has 2 heterocycles. The normalized spacial score (nSPS) is 15.6. The Kier molecular flexibility index (Phi) is 9.09. The fourth-order valence-electron chi connectivity index (χ4n) is 4.40. The van der Waals surface area contributed by atoms with Crippen molar-refractivity contribution >= 4 is 40.7 Å². The molecule has 1 aliphatic heterocycles. The molecule has 0 bridgehead atoms. The van der Waals surface area contributed by atoms with Crippen LogP contribution in [0.3, 0.4) is 0 Å². The van der Waals surface area contributed by atoms with E-state index in [1.54, 1.807) is 24.3 Å². The molecular formula is C27H30ClFN6O3. The lowest BCUT2D eigenvalue weighted by Crippen LogP contribution is -2.39. The average molecular weight is 541 g/mol. The van der Waals surface area contributed by atoms with Gasteiger partial charge in [0.2, 0.25) is 0 Å². The van der Waals surface area contributed by atoms with E-state index >= 15 is 0 Å². The number of halogens is 2. The molecular weight excluding hydrogens is 511 g/mol. The molecule has 4 rings (SSSR count). The molecule has 200 valence electrons. The highest BCUT2D eigenvalue weighted by Crippen LogP contribution is 2.21. The summed E-state index contributed by atoms with van der Waals surface area (Å²) in [6, 6.07) is 10.4. The van der Waals surface area contributed by atoms with Gasteiger partial charge < -0.3 is 25.8 Å². The molecule has 1 fully saturated rings. The zero-order valence-electron chi connectivity index (χ0n) is 21.0. The van der Waals surface area contributed by atoms with E-state index in [4.69, 9.17) is 11.6 Å². The van der Waals surface area contributed by atoms with Crippen molar-refractivity contribution in [3.8, 4) is 0 Å². The molecule has 3 amide bonds. The Morgan fingerprint density at radius 2 is 1.76 bits per heavy atom. The van der Waals surface area contributed by atoms with Gasteiger partial charge in [0.05, 0.1) is 16.9 Å². The van der Waals surface area contributed by atoms with E-state index in [9.17, 15) is 18.8 Å². The van der Waals surface area contributed by atoms with Gasteiger partial charge in [0.1, 0.15) is 11.5 Å². The summed E-state index contributed by atoms with van der Waals surface area (Å²) in [5.41, 5.74) is 1.10. The van der Waals surface area contributed by atoms with Crippen LogP contribution in [0.15, 0.2) is 48.8 Å². The zero-order chi connectivity index (χ0) is 27.1. The molecule has 1 aromatic heterocycles.